The molecular formula is C7H15KN2. The monoisotopic (exact) mass is 166 g/mol. The first-order valence-electron chi connectivity index (χ1n) is 3.46. The van der Waals surface area contributed by atoms with Crippen molar-refractivity contribution in [1.82, 2.24) is 9.80 Å². The molecule has 1 fully saturated rings. The summed E-state index contributed by atoms with van der Waals surface area (Å²) in [6, 6.07) is 0.677. The van der Waals surface area contributed by atoms with Gasteiger partial charge in [0.05, 0.1) is 0 Å². The molecule has 0 spiro atoms. The number of likely N-dealkylation sites (N-methyl/N-ethyl adjacent to an activating group) is 1. The fourth-order valence-corrected chi connectivity index (χ4v) is 1.12. The molecule has 3 heteroatoms. The average Bonchev–Trinajstić information content (AvgIpc) is 1.80. The molecular weight excluding hydrogens is 151 g/mol. The van der Waals surface area contributed by atoms with Crippen LogP contribution in [0.5, 0.6) is 0 Å². The number of nitrogens with zero attached hydrogens (tertiary/aromatic N) is 2. The maximum absolute atomic E-state index is 3.89. The van der Waals surface area contributed by atoms with E-state index in [2.05, 4.69) is 30.8 Å². The molecule has 1 unspecified atom stereocenters. The van der Waals surface area contributed by atoms with Crippen molar-refractivity contribution >= 4 is 0 Å². The summed E-state index contributed by atoms with van der Waals surface area (Å²) in [5, 5.41) is 0. The average molecular weight is 166 g/mol. The van der Waals surface area contributed by atoms with Gasteiger partial charge in [-0.2, -0.15) is 0 Å². The predicted molar refractivity (Wildman–Crippen MR) is 39.0 cm³/mol. The van der Waals surface area contributed by atoms with Crippen LogP contribution in [0.1, 0.15) is 6.92 Å². The fourth-order valence-electron chi connectivity index (χ4n) is 1.12. The van der Waals surface area contributed by atoms with Crippen LogP contribution in [-0.4, -0.2) is 42.5 Å². The Balaban J connectivity index is 0.000000810. The molecule has 1 aliphatic heterocycles. The molecule has 0 aromatic carbocycles. The maximum Gasteiger partial charge on any atom is 1.00 e. The van der Waals surface area contributed by atoms with Gasteiger partial charge in [-0.05, 0) is 27.1 Å². The summed E-state index contributed by atoms with van der Waals surface area (Å²) in [6.07, 6.45) is 0. The van der Waals surface area contributed by atoms with Crippen molar-refractivity contribution in [3.8, 4) is 0 Å². The zero-order valence-corrected chi connectivity index (χ0v) is 10.4. The van der Waals surface area contributed by atoms with Crippen molar-refractivity contribution in [2.45, 2.75) is 13.0 Å². The van der Waals surface area contributed by atoms with Crippen molar-refractivity contribution in [2.24, 2.45) is 0 Å². The van der Waals surface area contributed by atoms with Crippen LogP contribution in [0, 0.1) is 7.05 Å². The summed E-state index contributed by atoms with van der Waals surface area (Å²) in [5.74, 6) is 0. The van der Waals surface area contributed by atoms with E-state index < -0.39 is 0 Å². The fraction of sp³-hybridized carbons (Fsp3) is 0.857. The summed E-state index contributed by atoms with van der Waals surface area (Å²) in [7, 11) is 6.05. The van der Waals surface area contributed by atoms with Crippen LogP contribution < -0.4 is 51.4 Å². The summed E-state index contributed by atoms with van der Waals surface area (Å²) in [6.45, 7) is 5.61. The Morgan fingerprint density at radius 1 is 1.40 bits per heavy atom. The molecule has 0 aliphatic carbocycles. The van der Waals surface area contributed by atoms with Crippen LogP contribution >= 0.6 is 0 Å². The first-order chi connectivity index (χ1) is 4.20. The van der Waals surface area contributed by atoms with E-state index in [1.165, 1.54) is 0 Å². The van der Waals surface area contributed by atoms with Gasteiger partial charge in [-0.3, -0.25) is 7.05 Å². The second-order valence-corrected chi connectivity index (χ2v) is 2.91. The van der Waals surface area contributed by atoms with Crippen LogP contribution in [0.4, 0.5) is 0 Å². The van der Waals surface area contributed by atoms with E-state index in [4.69, 9.17) is 0 Å². The van der Waals surface area contributed by atoms with E-state index >= 15 is 0 Å². The Morgan fingerprint density at radius 2 is 2.00 bits per heavy atom. The van der Waals surface area contributed by atoms with E-state index in [9.17, 15) is 0 Å². The molecule has 1 rings (SSSR count). The van der Waals surface area contributed by atoms with Gasteiger partial charge >= 0.3 is 51.4 Å². The quantitative estimate of drug-likeness (QED) is 0.288. The van der Waals surface area contributed by atoms with Crippen LogP contribution in [-0.2, 0) is 0 Å². The standard InChI is InChI=1S/C7H15N2.K/c1-7-6-8(2)4-5-9(7)3;/h7H,2,4-6H2,1,3H3;/q-1;+1. The number of piperazine rings is 1. The van der Waals surface area contributed by atoms with Crippen molar-refractivity contribution in [1.29, 1.82) is 0 Å². The minimum absolute atomic E-state index is 0. The molecule has 2 nitrogen and oxygen atoms in total. The maximum atomic E-state index is 3.89. The van der Waals surface area contributed by atoms with E-state index in [1.807, 2.05) is 0 Å². The third-order valence-electron chi connectivity index (χ3n) is 2.04. The zero-order chi connectivity index (χ0) is 6.85. The second kappa shape index (κ2) is 5.25. The second-order valence-electron chi connectivity index (χ2n) is 2.91. The van der Waals surface area contributed by atoms with Gasteiger partial charge < -0.3 is 9.80 Å². The smallest absolute Gasteiger partial charge is 0.457 e. The van der Waals surface area contributed by atoms with Crippen molar-refractivity contribution < 1.29 is 51.4 Å². The molecule has 0 amide bonds. The van der Waals surface area contributed by atoms with E-state index in [0.29, 0.717) is 6.04 Å². The summed E-state index contributed by atoms with van der Waals surface area (Å²) >= 11 is 0. The van der Waals surface area contributed by atoms with E-state index in [0.717, 1.165) is 19.6 Å². The molecule has 0 aromatic heterocycles. The van der Waals surface area contributed by atoms with Crippen LogP contribution in [0.25, 0.3) is 0 Å². The number of hydrogen-bond donors (Lipinski definition) is 0. The molecule has 10 heavy (non-hydrogen) atoms. The molecule has 1 saturated heterocycles. The first kappa shape index (κ1) is 11.6. The van der Waals surface area contributed by atoms with Gasteiger partial charge in [0, 0.05) is 12.6 Å². The number of hydrogen-bond acceptors (Lipinski definition) is 2. The van der Waals surface area contributed by atoms with E-state index in [-0.39, 0.29) is 51.4 Å². The molecule has 1 aliphatic rings. The summed E-state index contributed by atoms with van der Waals surface area (Å²) in [4.78, 5) is 4.49. The van der Waals surface area contributed by atoms with Gasteiger partial charge in [-0.15, -0.1) is 0 Å². The third kappa shape index (κ3) is 3.30. The Kier molecular flexibility index (Phi) is 6.06. The van der Waals surface area contributed by atoms with Crippen molar-refractivity contribution in [3.05, 3.63) is 7.05 Å². The minimum atomic E-state index is 0. The summed E-state index contributed by atoms with van der Waals surface area (Å²) < 4.78 is 0. The molecule has 1 heterocycles. The van der Waals surface area contributed by atoms with E-state index in [1.54, 1.807) is 0 Å². The van der Waals surface area contributed by atoms with Crippen LogP contribution in [0.15, 0.2) is 0 Å². The van der Waals surface area contributed by atoms with Crippen LogP contribution in [0.2, 0.25) is 0 Å². The molecule has 0 saturated carbocycles. The number of rotatable bonds is 0. The van der Waals surface area contributed by atoms with Gasteiger partial charge in [0.25, 0.3) is 0 Å². The topological polar surface area (TPSA) is 6.48 Å². The molecule has 54 valence electrons. The van der Waals surface area contributed by atoms with Gasteiger partial charge in [-0.25, -0.2) is 0 Å². The zero-order valence-electron chi connectivity index (χ0n) is 7.30. The Labute approximate surface area is 106 Å². The third-order valence-corrected chi connectivity index (χ3v) is 2.04. The van der Waals surface area contributed by atoms with Gasteiger partial charge in [0.15, 0.2) is 0 Å². The van der Waals surface area contributed by atoms with Gasteiger partial charge in [0.2, 0.25) is 0 Å². The molecule has 0 aromatic rings. The molecule has 0 bridgehead atoms. The van der Waals surface area contributed by atoms with Crippen molar-refractivity contribution in [3.63, 3.8) is 0 Å². The Bertz CT molecular complexity index is 97.6. The summed E-state index contributed by atoms with van der Waals surface area (Å²) in [5.41, 5.74) is 0. The predicted octanol–water partition coefficient (Wildman–Crippen LogP) is -2.58. The molecule has 0 N–H and O–H groups in total. The minimum Gasteiger partial charge on any atom is -0.457 e. The normalized spacial score (nSPS) is 29.7. The Morgan fingerprint density at radius 3 is 2.40 bits per heavy atom. The first-order valence-corrected chi connectivity index (χ1v) is 3.46. The Hall–Kier alpha value is 1.56. The van der Waals surface area contributed by atoms with Crippen molar-refractivity contribution in [2.75, 3.05) is 26.7 Å². The largest absolute Gasteiger partial charge is 1.00 e. The van der Waals surface area contributed by atoms with Gasteiger partial charge in [0.1, 0.15) is 0 Å². The van der Waals surface area contributed by atoms with Crippen LogP contribution in [0.3, 0.4) is 0 Å². The van der Waals surface area contributed by atoms with Gasteiger partial charge in [-0.1, -0.05) is 0 Å². The molecule has 0 radical (unpaired) electrons. The SMILES string of the molecule is [CH2-]N1CCN(C)C(C)C1.[K+]. The molecule has 1 atom stereocenters.